The summed E-state index contributed by atoms with van der Waals surface area (Å²) in [5.74, 6) is 0.622. The van der Waals surface area contributed by atoms with Gasteiger partial charge in [-0.25, -0.2) is 0 Å². The van der Waals surface area contributed by atoms with Crippen LogP contribution in [0.4, 0.5) is 0 Å². The first-order valence-corrected chi connectivity index (χ1v) is 6.22. The number of primary amides is 1. The minimum atomic E-state index is -0.608. The second kappa shape index (κ2) is 7.09. The monoisotopic (exact) mass is 234 g/mol. The number of amides is 1. The van der Waals surface area contributed by atoms with Crippen LogP contribution in [0.15, 0.2) is 0 Å². The number of nitrogens with one attached hydrogen (secondary N) is 1. The van der Waals surface area contributed by atoms with Gasteiger partial charge in [-0.2, -0.15) is 11.8 Å². The van der Waals surface area contributed by atoms with E-state index in [0.29, 0.717) is 0 Å². The average Bonchev–Trinajstić information content (AvgIpc) is 2.23. The number of rotatable bonds is 8. The first-order chi connectivity index (χ1) is 6.96. The van der Waals surface area contributed by atoms with Crippen LogP contribution >= 0.6 is 11.8 Å². The maximum atomic E-state index is 11.1. The second-order valence-corrected chi connectivity index (χ2v) is 5.46. The molecule has 5 heteroatoms. The normalized spacial score (nSPS) is 17.1. The first-order valence-electron chi connectivity index (χ1n) is 5.17. The molecule has 0 saturated carbocycles. The number of hydrogen-bond acceptors (Lipinski definition) is 4. The number of hydrogen-bond donors (Lipinski definition) is 3. The van der Waals surface area contributed by atoms with Crippen LogP contribution in [0.1, 0.15) is 26.7 Å². The molecule has 4 N–H and O–H groups in total. The van der Waals surface area contributed by atoms with E-state index in [4.69, 9.17) is 10.8 Å². The van der Waals surface area contributed by atoms with Crippen LogP contribution in [0, 0.1) is 0 Å². The maximum Gasteiger partial charge on any atom is 0.237 e. The molecule has 90 valence electrons. The first kappa shape index (κ1) is 14.7. The predicted octanol–water partition coefficient (Wildman–Crippen LogP) is 0.344. The molecule has 2 unspecified atom stereocenters. The van der Waals surface area contributed by atoms with Crippen molar-refractivity contribution in [1.82, 2.24) is 5.32 Å². The van der Waals surface area contributed by atoms with Crippen LogP contribution < -0.4 is 11.1 Å². The van der Waals surface area contributed by atoms with Crippen LogP contribution in [-0.4, -0.2) is 41.2 Å². The number of aliphatic hydroxyl groups is 1. The Bertz CT molecular complexity index is 202. The Balaban J connectivity index is 3.78. The molecule has 0 aliphatic heterocycles. The Morgan fingerprint density at radius 2 is 2.27 bits per heavy atom. The lowest BCUT2D eigenvalue weighted by Crippen LogP contribution is -2.51. The zero-order valence-corrected chi connectivity index (χ0v) is 10.6. The maximum absolute atomic E-state index is 11.1. The van der Waals surface area contributed by atoms with Gasteiger partial charge >= 0.3 is 0 Å². The van der Waals surface area contributed by atoms with Gasteiger partial charge in [-0.15, -0.1) is 0 Å². The fourth-order valence-corrected chi connectivity index (χ4v) is 1.95. The molecule has 0 heterocycles. The van der Waals surface area contributed by atoms with E-state index in [1.807, 2.05) is 13.8 Å². The molecule has 0 radical (unpaired) electrons. The lowest BCUT2D eigenvalue weighted by Gasteiger charge is -2.25. The summed E-state index contributed by atoms with van der Waals surface area (Å²) < 4.78 is 0. The van der Waals surface area contributed by atoms with Gasteiger partial charge in [-0.3, -0.25) is 4.79 Å². The fourth-order valence-electron chi connectivity index (χ4n) is 1.13. The zero-order chi connectivity index (χ0) is 11.9. The highest BCUT2D eigenvalue weighted by atomic mass is 32.2. The number of carbonyl (C=O) groups is 1. The number of thioether (sulfide) groups is 1. The summed E-state index contributed by atoms with van der Waals surface area (Å²) in [5.41, 5.74) is 4.69. The Kier molecular flexibility index (Phi) is 6.96. The fraction of sp³-hybridized carbons (Fsp3) is 0.900. The van der Waals surface area contributed by atoms with E-state index in [9.17, 15) is 4.79 Å². The van der Waals surface area contributed by atoms with Gasteiger partial charge in [0.1, 0.15) is 0 Å². The van der Waals surface area contributed by atoms with Crippen LogP contribution in [0.5, 0.6) is 0 Å². The molecule has 0 bridgehead atoms. The van der Waals surface area contributed by atoms with E-state index in [1.165, 1.54) is 0 Å². The van der Waals surface area contributed by atoms with Crippen molar-refractivity contribution in [2.45, 2.75) is 37.5 Å². The summed E-state index contributed by atoms with van der Waals surface area (Å²) in [7, 11) is 1.74. The second-order valence-electron chi connectivity index (χ2n) is 3.91. The van der Waals surface area contributed by atoms with Crippen molar-refractivity contribution < 1.29 is 9.90 Å². The predicted molar refractivity (Wildman–Crippen MR) is 64.9 cm³/mol. The molecular weight excluding hydrogens is 212 g/mol. The number of aliphatic hydroxyl groups excluding tert-OH is 1. The third-order valence-electron chi connectivity index (χ3n) is 2.58. The molecule has 0 aromatic heterocycles. The van der Waals surface area contributed by atoms with Crippen molar-refractivity contribution in [2.75, 3.05) is 19.4 Å². The molecule has 0 aliphatic rings. The Hall–Kier alpha value is -0.260. The van der Waals surface area contributed by atoms with E-state index >= 15 is 0 Å². The van der Waals surface area contributed by atoms with Gasteiger partial charge in [0.05, 0.1) is 12.1 Å². The number of carbonyl (C=O) groups excluding carboxylic acids is 1. The highest BCUT2D eigenvalue weighted by molar-refractivity contribution is 7.99. The van der Waals surface area contributed by atoms with Crippen molar-refractivity contribution in [3.8, 4) is 0 Å². The Labute approximate surface area is 96.0 Å². The van der Waals surface area contributed by atoms with Gasteiger partial charge in [0, 0.05) is 5.25 Å². The van der Waals surface area contributed by atoms with E-state index in [0.717, 1.165) is 18.6 Å². The minimum Gasteiger partial charge on any atom is -0.395 e. The molecule has 4 nitrogen and oxygen atoms in total. The van der Waals surface area contributed by atoms with E-state index in [2.05, 4.69) is 5.32 Å². The van der Waals surface area contributed by atoms with E-state index in [-0.39, 0.29) is 17.8 Å². The number of nitrogens with two attached hydrogens (primary N) is 1. The van der Waals surface area contributed by atoms with Crippen molar-refractivity contribution >= 4 is 17.7 Å². The standard InChI is InChI=1S/C10H22N2O2S/c1-8(7-13)15-6-4-5-10(2,12-3)9(11)14/h8,12-13H,4-7H2,1-3H3,(H2,11,14). The largest absolute Gasteiger partial charge is 0.395 e. The number of likely N-dealkylation sites (N-methyl/N-ethyl adjacent to an activating group) is 1. The van der Waals surface area contributed by atoms with Gasteiger partial charge < -0.3 is 16.2 Å². The SMILES string of the molecule is CNC(C)(CCCSC(C)CO)C(N)=O. The summed E-state index contributed by atoms with van der Waals surface area (Å²) >= 11 is 1.71. The summed E-state index contributed by atoms with van der Waals surface area (Å²) in [6, 6.07) is 0. The summed E-state index contributed by atoms with van der Waals surface area (Å²) in [5, 5.41) is 12.0. The van der Waals surface area contributed by atoms with Crippen molar-refractivity contribution in [1.29, 1.82) is 0 Å². The smallest absolute Gasteiger partial charge is 0.237 e. The summed E-state index contributed by atoms with van der Waals surface area (Å²) in [4.78, 5) is 11.1. The van der Waals surface area contributed by atoms with Crippen LogP contribution in [0.25, 0.3) is 0 Å². The highest BCUT2D eigenvalue weighted by Crippen LogP contribution is 2.16. The Morgan fingerprint density at radius 1 is 1.67 bits per heavy atom. The third-order valence-corrected chi connectivity index (χ3v) is 3.82. The van der Waals surface area contributed by atoms with E-state index in [1.54, 1.807) is 18.8 Å². The summed E-state index contributed by atoms with van der Waals surface area (Å²) in [6.45, 7) is 4.00. The van der Waals surface area contributed by atoms with Crippen molar-refractivity contribution in [2.24, 2.45) is 5.73 Å². The van der Waals surface area contributed by atoms with Crippen molar-refractivity contribution in [3.63, 3.8) is 0 Å². The van der Waals surface area contributed by atoms with Crippen LogP contribution in [-0.2, 0) is 4.79 Å². The molecule has 15 heavy (non-hydrogen) atoms. The van der Waals surface area contributed by atoms with Gasteiger partial charge in [0.15, 0.2) is 0 Å². The molecule has 0 aromatic rings. The van der Waals surface area contributed by atoms with Crippen molar-refractivity contribution in [3.05, 3.63) is 0 Å². The molecule has 0 aliphatic carbocycles. The average molecular weight is 234 g/mol. The lowest BCUT2D eigenvalue weighted by atomic mass is 9.96. The highest BCUT2D eigenvalue weighted by Gasteiger charge is 2.27. The zero-order valence-electron chi connectivity index (χ0n) is 9.75. The van der Waals surface area contributed by atoms with Gasteiger partial charge in [0.2, 0.25) is 5.91 Å². The minimum absolute atomic E-state index is 0.198. The van der Waals surface area contributed by atoms with Crippen LogP contribution in [0.2, 0.25) is 0 Å². The molecular formula is C10H22N2O2S. The molecule has 0 spiro atoms. The molecule has 1 amide bonds. The van der Waals surface area contributed by atoms with Gasteiger partial charge in [-0.05, 0) is 32.6 Å². The van der Waals surface area contributed by atoms with Gasteiger partial charge in [0.25, 0.3) is 0 Å². The lowest BCUT2D eigenvalue weighted by molar-refractivity contribution is -0.123. The third kappa shape index (κ3) is 5.39. The topological polar surface area (TPSA) is 75.3 Å². The molecule has 0 fully saturated rings. The molecule has 2 atom stereocenters. The van der Waals surface area contributed by atoms with Gasteiger partial charge in [-0.1, -0.05) is 6.92 Å². The molecule has 0 aromatic carbocycles. The molecule has 0 rings (SSSR count). The van der Waals surface area contributed by atoms with E-state index < -0.39 is 5.54 Å². The molecule has 0 saturated heterocycles. The quantitative estimate of drug-likeness (QED) is 0.530. The summed E-state index contributed by atoms with van der Waals surface area (Å²) in [6.07, 6.45) is 1.64. The Morgan fingerprint density at radius 3 is 2.67 bits per heavy atom. The van der Waals surface area contributed by atoms with Crippen LogP contribution in [0.3, 0.4) is 0 Å².